The molecule has 0 aromatic rings. The van der Waals surface area contributed by atoms with Crippen molar-refractivity contribution in [2.45, 2.75) is 39.2 Å². The van der Waals surface area contributed by atoms with Crippen LogP contribution in [0, 0.1) is 5.92 Å². The molecule has 0 atom stereocenters. The highest BCUT2D eigenvalue weighted by molar-refractivity contribution is 5.80. The van der Waals surface area contributed by atoms with Crippen molar-refractivity contribution in [3.05, 3.63) is 0 Å². The van der Waals surface area contributed by atoms with Gasteiger partial charge in [0.15, 0.2) is 5.96 Å². The van der Waals surface area contributed by atoms with Crippen LogP contribution in [0.1, 0.15) is 33.1 Å². The number of ether oxygens (including phenoxy) is 1. The van der Waals surface area contributed by atoms with Gasteiger partial charge in [0.25, 0.3) is 0 Å². The molecule has 17 heavy (non-hydrogen) atoms. The molecular formula is C12H23N3O2. The molecule has 1 aliphatic carbocycles. The van der Waals surface area contributed by atoms with Crippen LogP contribution in [0.3, 0.4) is 0 Å². The van der Waals surface area contributed by atoms with Gasteiger partial charge in [-0.2, -0.15) is 0 Å². The number of hydrogen-bond acceptors (Lipinski definition) is 3. The van der Waals surface area contributed by atoms with Crippen LogP contribution < -0.4 is 10.6 Å². The Balaban J connectivity index is 2.07. The maximum absolute atomic E-state index is 11.3. The van der Waals surface area contributed by atoms with Crippen molar-refractivity contribution in [2.24, 2.45) is 10.9 Å². The van der Waals surface area contributed by atoms with E-state index >= 15 is 0 Å². The van der Waals surface area contributed by atoms with Crippen LogP contribution in [0.4, 0.5) is 0 Å². The van der Waals surface area contributed by atoms with Gasteiger partial charge in [0.2, 0.25) is 0 Å². The van der Waals surface area contributed by atoms with Gasteiger partial charge in [-0.3, -0.25) is 9.79 Å². The van der Waals surface area contributed by atoms with Gasteiger partial charge in [0.05, 0.1) is 12.5 Å². The third kappa shape index (κ3) is 6.81. The summed E-state index contributed by atoms with van der Waals surface area (Å²) in [5, 5.41) is 6.33. The Bertz CT molecular complexity index is 273. The second kappa shape index (κ2) is 7.14. The lowest BCUT2D eigenvalue weighted by Gasteiger charge is -2.12. The molecule has 0 radical (unpaired) electrons. The fourth-order valence-corrected chi connectivity index (χ4v) is 1.39. The van der Waals surface area contributed by atoms with Crippen LogP contribution >= 0.6 is 0 Å². The van der Waals surface area contributed by atoms with Crippen molar-refractivity contribution in [2.75, 3.05) is 20.1 Å². The van der Waals surface area contributed by atoms with Crippen molar-refractivity contribution < 1.29 is 9.53 Å². The van der Waals surface area contributed by atoms with E-state index in [4.69, 9.17) is 4.74 Å². The molecule has 0 saturated heterocycles. The molecule has 5 heteroatoms. The number of carbonyl (C=O) groups is 1. The molecule has 1 rings (SSSR count). The minimum absolute atomic E-state index is 0.0465. The highest BCUT2D eigenvalue weighted by Gasteiger charge is 2.21. The number of nitrogens with one attached hydrogen (secondary N) is 2. The van der Waals surface area contributed by atoms with Crippen molar-refractivity contribution >= 4 is 11.9 Å². The number of hydrogen-bond donors (Lipinski definition) is 2. The SMILES string of the molecule is CN=C(NCCC(=O)OC(C)C)NCC1CC1. The van der Waals surface area contributed by atoms with E-state index in [1.165, 1.54) is 12.8 Å². The Hall–Kier alpha value is -1.26. The summed E-state index contributed by atoms with van der Waals surface area (Å²) in [6.45, 7) is 5.22. The number of nitrogens with zero attached hydrogens (tertiary/aromatic N) is 1. The van der Waals surface area contributed by atoms with Gasteiger partial charge in [-0.05, 0) is 32.6 Å². The Kier molecular flexibility index (Phi) is 5.80. The summed E-state index contributed by atoms with van der Waals surface area (Å²) in [6, 6.07) is 0. The fourth-order valence-electron chi connectivity index (χ4n) is 1.39. The summed E-state index contributed by atoms with van der Waals surface area (Å²) in [7, 11) is 1.73. The van der Waals surface area contributed by atoms with Gasteiger partial charge >= 0.3 is 5.97 Å². The predicted molar refractivity (Wildman–Crippen MR) is 67.9 cm³/mol. The number of esters is 1. The minimum Gasteiger partial charge on any atom is -0.463 e. The molecule has 1 aliphatic rings. The van der Waals surface area contributed by atoms with Crippen molar-refractivity contribution in [1.29, 1.82) is 0 Å². The van der Waals surface area contributed by atoms with Gasteiger partial charge in [-0.15, -0.1) is 0 Å². The van der Waals surface area contributed by atoms with E-state index in [1.54, 1.807) is 7.05 Å². The molecule has 1 saturated carbocycles. The fraction of sp³-hybridized carbons (Fsp3) is 0.833. The Morgan fingerprint density at radius 3 is 2.65 bits per heavy atom. The average Bonchev–Trinajstić information content (AvgIpc) is 3.05. The summed E-state index contributed by atoms with van der Waals surface area (Å²) >= 11 is 0. The third-order valence-corrected chi connectivity index (χ3v) is 2.47. The van der Waals surface area contributed by atoms with Crippen LogP contribution in [0.15, 0.2) is 4.99 Å². The van der Waals surface area contributed by atoms with Crippen molar-refractivity contribution in [3.8, 4) is 0 Å². The molecule has 2 N–H and O–H groups in total. The molecule has 1 fully saturated rings. The van der Waals surface area contributed by atoms with Gasteiger partial charge < -0.3 is 15.4 Å². The highest BCUT2D eigenvalue weighted by Crippen LogP contribution is 2.27. The quantitative estimate of drug-likeness (QED) is 0.412. The zero-order valence-electron chi connectivity index (χ0n) is 11.0. The lowest BCUT2D eigenvalue weighted by molar-refractivity contribution is -0.147. The Morgan fingerprint density at radius 1 is 1.41 bits per heavy atom. The zero-order chi connectivity index (χ0) is 12.7. The molecule has 0 bridgehead atoms. The zero-order valence-corrected chi connectivity index (χ0v) is 11.0. The van der Waals surface area contributed by atoms with E-state index in [0.29, 0.717) is 13.0 Å². The molecule has 0 heterocycles. The van der Waals surface area contributed by atoms with Crippen LogP contribution in [-0.2, 0) is 9.53 Å². The molecule has 0 aliphatic heterocycles. The van der Waals surface area contributed by atoms with Gasteiger partial charge in [0.1, 0.15) is 0 Å². The maximum Gasteiger partial charge on any atom is 0.307 e. The van der Waals surface area contributed by atoms with E-state index in [0.717, 1.165) is 18.4 Å². The van der Waals surface area contributed by atoms with Crippen molar-refractivity contribution in [3.63, 3.8) is 0 Å². The number of aliphatic imine (C=N–C) groups is 1. The summed E-state index contributed by atoms with van der Waals surface area (Å²) in [4.78, 5) is 15.4. The van der Waals surface area contributed by atoms with Crippen LogP contribution in [-0.4, -0.2) is 38.2 Å². The van der Waals surface area contributed by atoms with Crippen molar-refractivity contribution in [1.82, 2.24) is 10.6 Å². The van der Waals surface area contributed by atoms with E-state index in [1.807, 2.05) is 13.8 Å². The summed E-state index contributed by atoms with van der Waals surface area (Å²) in [5.41, 5.74) is 0. The molecule has 5 nitrogen and oxygen atoms in total. The lowest BCUT2D eigenvalue weighted by Crippen LogP contribution is -2.39. The van der Waals surface area contributed by atoms with E-state index < -0.39 is 0 Å². The first-order valence-corrected chi connectivity index (χ1v) is 6.25. The van der Waals surface area contributed by atoms with E-state index in [-0.39, 0.29) is 12.1 Å². The van der Waals surface area contributed by atoms with Crippen LogP contribution in [0.2, 0.25) is 0 Å². The smallest absolute Gasteiger partial charge is 0.307 e. The molecule has 0 aromatic carbocycles. The Labute approximate surface area is 103 Å². The van der Waals surface area contributed by atoms with Gasteiger partial charge in [-0.25, -0.2) is 0 Å². The first kappa shape index (κ1) is 13.8. The molecule has 0 aromatic heterocycles. The summed E-state index contributed by atoms with van der Waals surface area (Å²) in [6.07, 6.45) is 2.94. The summed E-state index contributed by atoms with van der Waals surface area (Å²) in [5.74, 6) is 1.39. The Morgan fingerprint density at radius 2 is 2.12 bits per heavy atom. The van der Waals surface area contributed by atoms with Gasteiger partial charge in [0, 0.05) is 20.1 Å². The number of guanidine groups is 1. The molecule has 0 spiro atoms. The monoisotopic (exact) mass is 241 g/mol. The molecule has 0 amide bonds. The van der Waals surface area contributed by atoms with Crippen LogP contribution in [0.25, 0.3) is 0 Å². The van der Waals surface area contributed by atoms with Gasteiger partial charge in [-0.1, -0.05) is 0 Å². The second-order valence-corrected chi connectivity index (χ2v) is 4.61. The molecule has 98 valence electrons. The average molecular weight is 241 g/mol. The van der Waals surface area contributed by atoms with E-state index in [9.17, 15) is 4.79 Å². The second-order valence-electron chi connectivity index (χ2n) is 4.61. The third-order valence-electron chi connectivity index (χ3n) is 2.47. The lowest BCUT2D eigenvalue weighted by atomic mass is 10.4. The predicted octanol–water partition coefficient (Wildman–Crippen LogP) is 0.903. The minimum atomic E-state index is -0.176. The summed E-state index contributed by atoms with van der Waals surface area (Å²) < 4.78 is 5.03. The van der Waals surface area contributed by atoms with E-state index in [2.05, 4.69) is 15.6 Å². The maximum atomic E-state index is 11.3. The first-order valence-electron chi connectivity index (χ1n) is 6.25. The largest absolute Gasteiger partial charge is 0.463 e. The molecule has 0 unspecified atom stereocenters. The first-order chi connectivity index (χ1) is 8.11. The number of rotatable bonds is 6. The van der Waals surface area contributed by atoms with Crippen LogP contribution in [0.5, 0.6) is 0 Å². The normalized spacial score (nSPS) is 15.9. The topological polar surface area (TPSA) is 62.7 Å². The number of carbonyl (C=O) groups excluding carboxylic acids is 1. The molecular weight excluding hydrogens is 218 g/mol. The standard InChI is InChI=1S/C12H23N3O2/c1-9(2)17-11(16)6-7-14-12(13-3)15-8-10-4-5-10/h9-10H,4-8H2,1-3H3,(H2,13,14,15). The highest BCUT2D eigenvalue weighted by atomic mass is 16.5.